The lowest BCUT2D eigenvalue weighted by atomic mass is 9.94. The van der Waals surface area contributed by atoms with Crippen LogP contribution in [0.3, 0.4) is 0 Å². The van der Waals surface area contributed by atoms with Gasteiger partial charge in [0, 0.05) is 17.0 Å². The number of hydrogen-bond acceptors (Lipinski definition) is 3. The maximum atomic E-state index is 9.59. The summed E-state index contributed by atoms with van der Waals surface area (Å²) in [5, 5.41) is 14.9. The molecular weight excluding hydrogens is 434 g/mol. The molecule has 3 heteroatoms. The van der Waals surface area contributed by atoms with Crippen molar-refractivity contribution in [3.05, 3.63) is 95.1 Å². The van der Waals surface area contributed by atoms with Crippen molar-refractivity contribution in [3.8, 4) is 29.2 Å². The van der Waals surface area contributed by atoms with E-state index in [1.807, 2.05) is 37.3 Å². The number of aromatic hydroxyl groups is 1. The number of unbranched alkanes of at least 4 members (excludes halogenated alkanes) is 1. The Morgan fingerprint density at radius 1 is 0.941 bits per heavy atom. The predicted octanol–water partition coefficient (Wildman–Crippen LogP) is 7.68. The van der Waals surface area contributed by atoms with Crippen LogP contribution in [0.4, 0.5) is 0 Å². The monoisotopic (exact) mass is 467 g/mol. The van der Waals surface area contributed by atoms with E-state index >= 15 is 0 Å². The highest BCUT2D eigenvalue weighted by Crippen LogP contribution is 2.32. The molecule has 0 aliphatic heterocycles. The van der Waals surface area contributed by atoms with E-state index in [2.05, 4.69) is 68.0 Å². The molecule has 0 aromatic heterocycles. The molecule has 174 valence electrons. The van der Waals surface area contributed by atoms with Gasteiger partial charge in [0.1, 0.15) is 5.75 Å². The SMILES string of the molecule is C#Cc1c(-c2ccc(S)c(C)c2)ccc2cc(O)ccc12.CCCCNCc1ccc(C)cc1. The first-order valence-corrected chi connectivity index (χ1v) is 12.2. The molecule has 0 atom stereocenters. The Kier molecular flexibility index (Phi) is 9.22. The molecular formula is C31H33NOS. The lowest BCUT2D eigenvalue weighted by molar-refractivity contribution is 0.476. The Morgan fingerprint density at radius 3 is 2.38 bits per heavy atom. The normalized spacial score (nSPS) is 10.4. The van der Waals surface area contributed by atoms with Gasteiger partial charge in [-0.15, -0.1) is 19.1 Å². The van der Waals surface area contributed by atoms with Gasteiger partial charge in [0.2, 0.25) is 0 Å². The Balaban J connectivity index is 0.000000215. The number of benzene rings is 4. The molecule has 4 aromatic rings. The largest absolute Gasteiger partial charge is 0.508 e. The van der Waals surface area contributed by atoms with Crippen LogP contribution in [-0.2, 0) is 6.54 Å². The molecule has 0 radical (unpaired) electrons. The summed E-state index contributed by atoms with van der Waals surface area (Å²) in [5.41, 5.74) is 6.77. The first-order valence-electron chi connectivity index (χ1n) is 11.7. The van der Waals surface area contributed by atoms with Gasteiger partial charge < -0.3 is 10.4 Å². The number of fused-ring (bicyclic) bond motifs is 1. The van der Waals surface area contributed by atoms with E-state index in [-0.39, 0.29) is 5.75 Å². The number of terminal acetylenes is 1. The highest BCUT2D eigenvalue weighted by molar-refractivity contribution is 7.80. The average Bonchev–Trinajstić information content (AvgIpc) is 2.84. The summed E-state index contributed by atoms with van der Waals surface area (Å²) in [4.78, 5) is 0.965. The molecule has 0 unspecified atom stereocenters. The van der Waals surface area contributed by atoms with Crippen LogP contribution in [-0.4, -0.2) is 11.7 Å². The van der Waals surface area contributed by atoms with E-state index in [1.54, 1.807) is 12.1 Å². The number of nitrogens with one attached hydrogen (secondary N) is 1. The van der Waals surface area contributed by atoms with E-state index in [9.17, 15) is 5.11 Å². The molecule has 0 aliphatic rings. The Hall–Kier alpha value is -3.19. The second kappa shape index (κ2) is 12.3. The quantitative estimate of drug-likeness (QED) is 0.154. The van der Waals surface area contributed by atoms with Crippen molar-refractivity contribution < 1.29 is 5.11 Å². The summed E-state index contributed by atoms with van der Waals surface area (Å²) in [6.45, 7) is 8.49. The van der Waals surface area contributed by atoms with Crippen LogP contribution in [0.15, 0.2) is 77.7 Å². The van der Waals surface area contributed by atoms with Crippen molar-refractivity contribution in [1.29, 1.82) is 0 Å². The van der Waals surface area contributed by atoms with Crippen molar-refractivity contribution in [3.63, 3.8) is 0 Å². The van der Waals surface area contributed by atoms with E-state index < -0.39 is 0 Å². The van der Waals surface area contributed by atoms with Crippen LogP contribution in [0.1, 0.15) is 42.0 Å². The zero-order valence-corrected chi connectivity index (χ0v) is 21.1. The molecule has 0 saturated carbocycles. The summed E-state index contributed by atoms with van der Waals surface area (Å²) >= 11 is 4.41. The van der Waals surface area contributed by atoms with Gasteiger partial charge in [-0.3, -0.25) is 0 Å². The first-order chi connectivity index (χ1) is 16.4. The maximum Gasteiger partial charge on any atom is 0.116 e. The van der Waals surface area contributed by atoms with Gasteiger partial charge in [-0.2, -0.15) is 0 Å². The number of hydrogen-bond donors (Lipinski definition) is 3. The van der Waals surface area contributed by atoms with Crippen molar-refractivity contribution in [2.75, 3.05) is 6.54 Å². The lowest BCUT2D eigenvalue weighted by Crippen LogP contribution is -2.14. The molecule has 0 spiro atoms. The third-order valence-corrected chi connectivity index (χ3v) is 6.31. The molecule has 0 fully saturated rings. The maximum absolute atomic E-state index is 9.59. The highest BCUT2D eigenvalue weighted by Gasteiger charge is 2.09. The van der Waals surface area contributed by atoms with Crippen molar-refractivity contribution in [1.82, 2.24) is 5.32 Å². The van der Waals surface area contributed by atoms with Crippen LogP contribution in [0.2, 0.25) is 0 Å². The topological polar surface area (TPSA) is 32.3 Å². The van der Waals surface area contributed by atoms with Crippen molar-refractivity contribution in [2.24, 2.45) is 0 Å². The number of rotatable bonds is 6. The molecule has 4 rings (SSSR count). The predicted molar refractivity (Wildman–Crippen MR) is 149 cm³/mol. The van der Waals surface area contributed by atoms with Crippen molar-refractivity contribution in [2.45, 2.75) is 45.1 Å². The number of phenols is 1. The van der Waals surface area contributed by atoms with Crippen LogP contribution in [0, 0.1) is 26.2 Å². The van der Waals surface area contributed by atoms with Crippen LogP contribution < -0.4 is 5.32 Å². The van der Waals surface area contributed by atoms with Gasteiger partial charge in [0.05, 0.1) is 0 Å². The van der Waals surface area contributed by atoms with Crippen LogP contribution in [0.25, 0.3) is 21.9 Å². The molecule has 0 bridgehead atoms. The van der Waals surface area contributed by atoms with Gasteiger partial charge in [0.25, 0.3) is 0 Å². The van der Waals surface area contributed by atoms with Gasteiger partial charge in [0.15, 0.2) is 0 Å². The zero-order chi connectivity index (χ0) is 24.5. The Labute approximate surface area is 209 Å². The first kappa shape index (κ1) is 25.4. The third-order valence-electron chi connectivity index (χ3n) is 5.81. The van der Waals surface area contributed by atoms with E-state index in [1.165, 1.54) is 24.0 Å². The van der Waals surface area contributed by atoms with Crippen LogP contribution in [0.5, 0.6) is 5.75 Å². The molecule has 0 amide bonds. The molecule has 34 heavy (non-hydrogen) atoms. The number of aryl methyl sites for hydroxylation is 2. The smallest absolute Gasteiger partial charge is 0.116 e. The summed E-state index contributed by atoms with van der Waals surface area (Å²) in [5.74, 6) is 3.03. The second-order valence-electron chi connectivity index (χ2n) is 8.56. The molecule has 4 aromatic carbocycles. The van der Waals surface area contributed by atoms with Gasteiger partial charge in [-0.1, -0.05) is 73.4 Å². The second-order valence-corrected chi connectivity index (χ2v) is 9.04. The third kappa shape index (κ3) is 6.67. The van der Waals surface area contributed by atoms with Gasteiger partial charge >= 0.3 is 0 Å². The fraction of sp³-hybridized carbons (Fsp3) is 0.226. The van der Waals surface area contributed by atoms with Gasteiger partial charge in [-0.25, -0.2) is 0 Å². The molecule has 0 heterocycles. The number of thiol groups is 1. The summed E-state index contributed by atoms with van der Waals surface area (Å²) in [7, 11) is 0. The molecule has 2 nitrogen and oxygen atoms in total. The Bertz CT molecular complexity index is 1290. The van der Waals surface area contributed by atoms with Crippen molar-refractivity contribution >= 4 is 23.4 Å². The minimum absolute atomic E-state index is 0.244. The molecule has 0 saturated heterocycles. The van der Waals surface area contributed by atoms with E-state index in [4.69, 9.17) is 6.42 Å². The van der Waals surface area contributed by atoms with Gasteiger partial charge in [-0.05, 0) is 84.1 Å². The molecule has 0 aliphatic carbocycles. The summed E-state index contributed by atoms with van der Waals surface area (Å²) < 4.78 is 0. The van der Waals surface area contributed by atoms with E-state index in [0.29, 0.717) is 0 Å². The fourth-order valence-electron chi connectivity index (χ4n) is 3.78. The standard InChI is InChI=1S/C19H14OS.C12H19N/c1-3-16-17(13-5-9-19(21)12(2)10-13)7-4-14-11-15(20)6-8-18(14)16;1-3-4-9-13-10-12-7-5-11(2)6-8-12/h1,4-11,20-21H,2H3;5-8,13H,3-4,9-10H2,1-2H3. The van der Waals surface area contributed by atoms with Crippen LogP contribution >= 0.6 is 12.6 Å². The Morgan fingerprint density at radius 2 is 1.71 bits per heavy atom. The number of phenolic OH excluding ortho intramolecular Hbond substituents is 1. The zero-order valence-electron chi connectivity index (χ0n) is 20.2. The minimum Gasteiger partial charge on any atom is -0.508 e. The highest BCUT2D eigenvalue weighted by atomic mass is 32.1. The summed E-state index contributed by atoms with van der Waals surface area (Å²) in [6, 6.07) is 24.0. The fourth-order valence-corrected chi connectivity index (χ4v) is 3.92. The van der Waals surface area contributed by atoms with E-state index in [0.717, 1.165) is 51.0 Å². The average molecular weight is 468 g/mol. The summed E-state index contributed by atoms with van der Waals surface area (Å²) in [6.07, 6.45) is 8.27. The minimum atomic E-state index is 0.244. The lowest BCUT2D eigenvalue weighted by Gasteiger charge is -2.11. The molecule has 2 N–H and O–H groups in total.